The standard InChI is InChI=1S/C13H17N5O3/c1-5-21-13(20)10-7-15-18(4)11(10)16-12(19)9-6-14-17(3)8(9)2/h6-7H,5H2,1-4H3,(H,16,19). The zero-order valence-corrected chi connectivity index (χ0v) is 12.4. The van der Waals surface area contributed by atoms with Crippen molar-refractivity contribution in [3.05, 3.63) is 29.2 Å². The Morgan fingerprint density at radius 2 is 1.81 bits per heavy atom. The van der Waals surface area contributed by atoms with E-state index >= 15 is 0 Å². The largest absolute Gasteiger partial charge is 0.462 e. The molecule has 8 nitrogen and oxygen atoms in total. The molecule has 0 aromatic carbocycles. The minimum Gasteiger partial charge on any atom is -0.462 e. The number of anilines is 1. The Balaban J connectivity index is 2.27. The molecule has 2 heterocycles. The van der Waals surface area contributed by atoms with E-state index in [4.69, 9.17) is 4.74 Å². The van der Waals surface area contributed by atoms with Gasteiger partial charge in [0.25, 0.3) is 5.91 Å². The molecular weight excluding hydrogens is 274 g/mol. The highest BCUT2D eigenvalue weighted by atomic mass is 16.5. The average Bonchev–Trinajstić information content (AvgIpc) is 2.95. The number of carbonyl (C=O) groups excluding carboxylic acids is 2. The van der Waals surface area contributed by atoms with Crippen LogP contribution in [0.25, 0.3) is 0 Å². The molecule has 0 unspecified atom stereocenters. The van der Waals surface area contributed by atoms with Gasteiger partial charge in [0.2, 0.25) is 0 Å². The van der Waals surface area contributed by atoms with Crippen molar-refractivity contribution < 1.29 is 14.3 Å². The van der Waals surface area contributed by atoms with Gasteiger partial charge in [0.05, 0.1) is 24.6 Å². The maximum atomic E-state index is 12.3. The van der Waals surface area contributed by atoms with Gasteiger partial charge in [-0.25, -0.2) is 4.79 Å². The third-order valence-electron chi connectivity index (χ3n) is 3.15. The number of amides is 1. The maximum absolute atomic E-state index is 12.3. The number of hydrogen-bond acceptors (Lipinski definition) is 5. The van der Waals surface area contributed by atoms with Crippen LogP contribution < -0.4 is 5.32 Å². The molecule has 0 saturated heterocycles. The van der Waals surface area contributed by atoms with Gasteiger partial charge in [-0.15, -0.1) is 0 Å². The number of nitrogens with one attached hydrogen (secondary N) is 1. The highest BCUT2D eigenvalue weighted by Gasteiger charge is 2.21. The monoisotopic (exact) mass is 291 g/mol. The highest BCUT2D eigenvalue weighted by molar-refractivity contribution is 6.07. The third-order valence-corrected chi connectivity index (χ3v) is 3.15. The SMILES string of the molecule is CCOC(=O)c1cnn(C)c1NC(=O)c1cnn(C)c1C. The second kappa shape index (κ2) is 5.78. The van der Waals surface area contributed by atoms with Crippen molar-refractivity contribution in [1.82, 2.24) is 19.6 Å². The van der Waals surface area contributed by atoms with Crippen LogP contribution in [0.1, 0.15) is 33.3 Å². The lowest BCUT2D eigenvalue weighted by atomic mass is 10.2. The Morgan fingerprint density at radius 1 is 1.19 bits per heavy atom. The molecule has 21 heavy (non-hydrogen) atoms. The summed E-state index contributed by atoms with van der Waals surface area (Å²) in [4.78, 5) is 24.1. The Bertz CT molecular complexity index is 686. The molecule has 0 fully saturated rings. The molecular formula is C13H17N5O3. The van der Waals surface area contributed by atoms with E-state index in [1.807, 2.05) is 0 Å². The number of ether oxygens (including phenoxy) is 1. The second-order valence-corrected chi connectivity index (χ2v) is 4.47. The molecule has 2 rings (SSSR count). The number of hydrogen-bond donors (Lipinski definition) is 1. The van der Waals surface area contributed by atoms with Gasteiger partial charge in [-0.3, -0.25) is 14.2 Å². The van der Waals surface area contributed by atoms with Gasteiger partial charge < -0.3 is 10.1 Å². The first-order valence-electron chi connectivity index (χ1n) is 6.44. The molecule has 8 heteroatoms. The van der Waals surface area contributed by atoms with Crippen molar-refractivity contribution in [2.75, 3.05) is 11.9 Å². The van der Waals surface area contributed by atoms with Gasteiger partial charge in [0.1, 0.15) is 11.4 Å². The summed E-state index contributed by atoms with van der Waals surface area (Å²) in [5.41, 5.74) is 1.38. The molecule has 0 spiro atoms. The van der Waals surface area contributed by atoms with Gasteiger partial charge in [-0.1, -0.05) is 0 Å². The van der Waals surface area contributed by atoms with Crippen LogP contribution in [-0.4, -0.2) is 38.0 Å². The molecule has 112 valence electrons. The van der Waals surface area contributed by atoms with E-state index in [9.17, 15) is 9.59 Å². The van der Waals surface area contributed by atoms with Crippen LogP contribution in [0.5, 0.6) is 0 Å². The van der Waals surface area contributed by atoms with Crippen LogP contribution in [0.3, 0.4) is 0 Å². The number of aromatic nitrogens is 4. The molecule has 0 aliphatic heterocycles. The minimum absolute atomic E-state index is 0.217. The van der Waals surface area contributed by atoms with Gasteiger partial charge >= 0.3 is 5.97 Å². The van der Waals surface area contributed by atoms with E-state index in [1.54, 1.807) is 32.6 Å². The first kappa shape index (κ1) is 14.8. The Kier molecular flexibility index (Phi) is 4.06. The summed E-state index contributed by atoms with van der Waals surface area (Å²) in [6.07, 6.45) is 2.84. The quantitative estimate of drug-likeness (QED) is 0.845. The van der Waals surface area contributed by atoms with E-state index in [-0.39, 0.29) is 18.1 Å². The van der Waals surface area contributed by atoms with Crippen molar-refractivity contribution >= 4 is 17.7 Å². The summed E-state index contributed by atoms with van der Waals surface area (Å²) in [6.45, 7) is 3.76. The average molecular weight is 291 g/mol. The summed E-state index contributed by atoms with van der Waals surface area (Å²) < 4.78 is 7.95. The Hall–Kier alpha value is -2.64. The van der Waals surface area contributed by atoms with E-state index in [0.29, 0.717) is 11.4 Å². The summed E-state index contributed by atoms with van der Waals surface area (Å²) in [5, 5.41) is 10.7. The topological polar surface area (TPSA) is 91.0 Å². The van der Waals surface area contributed by atoms with Crippen LogP contribution >= 0.6 is 0 Å². The van der Waals surface area contributed by atoms with Crippen molar-refractivity contribution in [3.8, 4) is 0 Å². The number of esters is 1. The predicted molar refractivity (Wildman–Crippen MR) is 75.1 cm³/mol. The normalized spacial score (nSPS) is 10.5. The van der Waals surface area contributed by atoms with E-state index < -0.39 is 5.97 Å². The minimum atomic E-state index is -0.524. The Labute approximate surface area is 121 Å². The fourth-order valence-corrected chi connectivity index (χ4v) is 1.84. The molecule has 0 saturated carbocycles. The summed E-state index contributed by atoms with van der Waals surface area (Å²) in [7, 11) is 3.38. The van der Waals surface area contributed by atoms with E-state index in [2.05, 4.69) is 15.5 Å². The number of carbonyl (C=O) groups is 2. The second-order valence-electron chi connectivity index (χ2n) is 4.47. The van der Waals surface area contributed by atoms with Crippen molar-refractivity contribution in [1.29, 1.82) is 0 Å². The van der Waals surface area contributed by atoms with Crippen LogP contribution in [-0.2, 0) is 18.8 Å². The first-order chi connectivity index (χ1) is 9.95. The fraction of sp³-hybridized carbons (Fsp3) is 0.385. The van der Waals surface area contributed by atoms with Crippen LogP contribution in [0.4, 0.5) is 5.82 Å². The van der Waals surface area contributed by atoms with E-state index in [0.717, 1.165) is 5.69 Å². The molecule has 0 bridgehead atoms. The van der Waals surface area contributed by atoms with Crippen LogP contribution in [0.2, 0.25) is 0 Å². The molecule has 1 N–H and O–H groups in total. The molecule has 2 aromatic rings. The summed E-state index contributed by atoms with van der Waals surface area (Å²) in [6, 6.07) is 0. The molecule has 0 radical (unpaired) electrons. The molecule has 0 aliphatic carbocycles. The zero-order chi connectivity index (χ0) is 15.6. The lowest BCUT2D eigenvalue weighted by Crippen LogP contribution is -2.18. The van der Waals surface area contributed by atoms with Crippen molar-refractivity contribution in [2.24, 2.45) is 14.1 Å². The Morgan fingerprint density at radius 3 is 2.38 bits per heavy atom. The van der Waals surface area contributed by atoms with Crippen molar-refractivity contribution in [2.45, 2.75) is 13.8 Å². The summed E-state index contributed by atoms with van der Waals surface area (Å²) in [5.74, 6) is -0.583. The first-order valence-corrected chi connectivity index (χ1v) is 6.44. The summed E-state index contributed by atoms with van der Waals surface area (Å²) >= 11 is 0. The third kappa shape index (κ3) is 2.78. The van der Waals surface area contributed by atoms with Crippen LogP contribution in [0.15, 0.2) is 12.4 Å². The van der Waals surface area contributed by atoms with E-state index in [1.165, 1.54) is 17.1 Å². The lowest BCUT2D eigenvalue weighted by Gasteiger charge is -2.08. The van der Waals surface area contributed by atoms with Gasteiger partial charge in [-0.2, -0.15) is 10.2 Å². The fourth-order valence-electron chi connectivity index (χ4n) is 1.84. The highest BCUT2D eigenvalue weighted by Crippen LogP contribution is 2.17. The predicted octanol–water partition coefficient (Wildman–Crippen LogP) is 0.891. The number of aryl methyl sites for hydroxylation is 2. The molecule has 0 aliphatic rings. The zero-order valence-electron chi connectivity index (χ0n) is 12.4. The number of nitrogens with zero attached hydrogens (tertiary/aromatic N) is 4. The molecule has 0 atom stereocenters. The molecule has 1 amide bonds. The van der Waals surface area contributed by atoms with Gasteiger partial charge in [0.15, 0.2) is 0 Å². The molecule has 2 aromatic heterocycles. The smallest absolute Gasteiger partial charge is 0.343 e. The number of rotatable bonds is 4. The van der Waals surface area contributed by atoms with Gasteiger partial charge in [0, 0.05) is 19.8 Å². The van der Waals surface area contributed by atoms with Gasteiger partial charge in [-0.05, 0) is 13.8 Å². The maximum Gasteiger partial charge on any atom is 0.343 e. The lowest BCUT2D eigenvalue weighted by molar-refractivity contribution is 0.0527. The van der Waals surface area contributed by atoms with Crippen LogP contribution in [0, 0.1) is 6.92 Å². The van der Waals surface area contributed by atoms with Crippen molar-refractivity contribution in [3.63, 3.8) is 0 Å².